The van der Waals surface area contributed by atoms with E-state index in [4.69, 9.17) is 0 Å². The average Bonchev–Trinajstić information content (AvgIpc) is 2.64. The van der Waals surface area contributed by atoms with Gasteiger partial charge < -0.3 is 4.90 Å². The predicted molar refractivity (Wildman–Crippen MR) is 101 cm³/mol. The van der Waals surface area contributed by atoms with Crippen molar-refractivity contribution in [2.75, 3.05) is 19.0 Å². The fraction of sp³-hybridized carbons (Fsp3) is 0.0909. The van der Waals surface area contributed by atoms with Gasteiger partial charge in [-0.25, -0.2) is 0 Å². The summed E-state index contributed by atoms with van der Waals surface area (Å²) in [7, 11) is 3.98. The molecule has 3 nitrogen and oxygen atoms in total. The van der Waals surface area contributed by atoms with Crippen molar-refractivity contribution in [3.05, 3.63) is 83.4 Å². The summed E-state index contributed by atoms with van der Waals surface area (Å²) in [6.45, 7) is 0. The van der Waals surface area contributed by atoms with Gasteiger partial charge in [0.1, 0.15) is 0 Å². The Morgan fingerprint density at radius 1 is 0.680 bits per heavy atom. The second-order valence-corrected chi connectivity index (χ2v) is 6.37. The van der Waals surface area contributed by atoms with Crippen molar-refractivity contribution < 1.29 is 9.59 Å². The molecule has 122 valence electrons. The van der Waals surface area contributed by atoms with Crippen LogP contribution in [0.4, 0.5) is 5.69 Å². The molecule has 0 saturated carbocycles. The van der Waals surface area contributed by atoms with Gasteiger partial charge in [0.2, 0.25) is 0 Å². The Kier molecular flexibility index (Phi) is 3.50. The van der Waals surface area contributed by atoms with Crippen LogP contribution in [0, 0.1) is 0 Å². The van der Waals surface area contributed by atoms with Crippen molar-refractivity contribution in [1.82, 2.24) is 0 Å². The monoisotopic (exact) mass is 327 g/mol. The molecular weight excluding hydrogens is 310 g/mol. The molecule has 0 bridgehead atoms. The molecule has 0 amide bonds. The minimum absolute atomic E-state index is 0.0991. The van der Waals surface area contributed by atoms with Gasteiger partial charge in [-0.3, -0.25) is 9.59 Å². The summed E-state index contributed by atoms with van der Waals surface area (Å²) in [5, 5.41) is 2.03. The highest BCUT2D eigenvalue weighted by atomic mass is 16.1. The third kappa shape index (κ3) is 2.36. The van der Waals surface area contributed by atoms with Crippen molar-refractivity contribution in [3.8, 4) is 0 Å². The van der Waals surface area contributed by atoms with Crippen LogP contribution in [0.5, 0.6) is 0 Å². The van der Waals surface area contributed by atoms with E-state index in [1.54, 1.807) is 24.3 Å². The zero-order chi connectivity index (χ0) is 17.6. The maximum atomic E-state index is 13.0. The van der Waals surface area contributed by atoms with E-state index >= 15 is 0 Å². The summed E-state index contributed by atoms with van der Waals surface area (Å²) in [5.74, 6) is -0.219. The van der Waals surface area contributed by atoms with Crippen LogP contribution in [0.3, 0.4) is 0 Å². The van der Waals surface area contributed by atoms with Gasteiger partial charge in [0.25, 0.3) is 0 Å². The predicted octanol–water partition coefficient (Wildman–Crippen LogP) is 4.37. The minimum Gasteiger partial charge on any atom is -0.377 e. The van der Waals surface area contributed by atoms with Crippen LogP contribution in [-0.2, 0) is 0 Å². The lowest BCUT2D eigenvalue weighted by Crippen LogP contribution is -2.16. The molecule has 0 spiro atoms. The van der Waals surface area contributed by atoms with Crippen LogP contribution >= 0.6 is 0 Å². The average molecular weight is 327 g/mol. The quantitative estimate of drug-likeness (QED) is 0.701. The Labute approximate surface area is 146 Å². The molecule has 0 heterocycles. The molecule has 0 saturated heterocycles. The van der Waals surface area contributed by atoms with E-state index in [9.17, 15) is 9.59 Å². The fourth-order valence-corrected chi connectivity index (χ4v) is 3.42. The molecule has 3 heteroatoms. The van der Waals surface area contributed by atoms with E-state index in [0.717, 1.165) is 22.0 Å². The van der Waals surface area contributed by atoms with Gasteiger partial charge in [0.15, 0.2) is 11.6 Å². The molecule has 0 radical (unpaired) electrons. The van der Waals surface area contributed by atoms with Gasteiger partial charge in [0.05, 0.1) is 0 Å². The first-order valence-electron chi connectivity index (χ1n) is 8.17. The number of anilines is 1. The van der Waals surface area contributed by atoms with Gasteiger partial charge in [-0.15, -0.1) is 0 Å². The Balaban J connectivity index is 1.96. The number of allylic oxidation sites excluding steroid dienone is 2. The van der Waals surface area contributed by atoms with Crippen molar-refractivity contribution in [3.63, 3.8) is 0 Å². The summed E-state index contributed by atoms with van der Waals surface area (Å²) < 4.78 is 0. The SMILES string of the molecule is CN(C)c1ccc(C2=CC(=O)c3ccccc3C2=O)c2ccccc12. The number of carbonyl (C=O) groups is 2. The normalized spacial score (nSPS) is 13.6. The number of ketones is 2. The fourth-order valence-electron chi connectivity index (χ4n) is 3.42. The van der Waals surface area contributed by atoms with Crippen LogP contribution in [0.1, 0.15) is 26.3 Å². The van der Waals surface area contributed by atoms with E-state index in [1.165, 1.54) is 6.08 Å². The van der Waals surface area contributed by atoms with E-state index in [1.807, 2.05) is 55.4 Å². The van der Waals surface area contributed by atoms with E-state index in [2.05, 4.69) is 0 Å². The van der Waals surface area contributed by atoms with Crippen LogP contribution in [0.25, 0.3) is 16.3 Å². The summed E-state index contributed by atoms with van der Waals surface area (Å²) in [6, 6.07) is 18.9. The molecule has 0 aliphatic heterocycles. The maximum absolute atomic E-state index is 13.0. The third-order valence-electron chi connectivity index (χ3n) is 4.63. The number of rotatable bonds is 2. The Bertz CT molecular complexity index is 1060. The molecule has 1 aliphatic carbocycles. The summed E-state index contributed by atoms with van der Waals surface area (Å²) in [5.41, 5.74) is 3.30. The lowest BCUT2D eigenvalue weighted by atomic mass is 9.84. The highest BCUT2D eigenvalue weighted by Gasteiger charge is 2.27. The number of Topliss-reactive ketones (excluding diaryl/α,β-unsaturated/α-hetero) is 1. The lowest BCUT2D eigenvalue weighted by molar-refractivity contribution is 0.100. The van der Waals surface area contributed by atoms with E-state index in [0.29, 0.717) is 16.7 Å². The molecule has 25 heavy (non-hydrogen) atoms. The Morgan fingerprint density at radius 2 is 1.32 bits per heavy atom. The number of carbonyl (C=O) groups excluding carboxylic acids is 2. The summed E-state index contributed by atoms with van der Waals surface area (Å²) >= 11 is 0. The summed E-state index contributed by atoms with van der Waals surface area (Å²) in [6.07, 6.45) is 1.47. The van der Waals surface area contributed by atoms with Crippen LogP contribution < -0.4 is 4.90 Å². The van der Waals surface area contributed by atoms with Gasteiger partial charge >= 0.3 is 0 Å². The highest BCUT2D eigenvalue weighted by molar-refractivity contribution is 6.40. The zero-order valence-corrected chi connectivity index (χ0v) is 14.1. The minimum atomic E-state index is -0.119. The molecule has 4 rings (SSSR count). The maximum Gasteiger partial charge on any atom is 0.194 e. The van der Waals surface area contributed by atoms with Crippen LogP contribution in [-0.4, -0.2) is 25.7 Å². The van der Waals surface area contributed by atoms with Crippen LogP contribution in [0.15, 0.2) is 66.7 Å². The number of benzene rings is 3. The van der Waals surface area contributed by atoms with Crippen molar-refractivity contribution in [2.45, 2.75) is 0 Å². The Hall–Kier alpha value is -3.20. The van der Waals surface area contributed by atoms with E-state index in [-0.39, 0.29) is 11.6 Å². The second kappa shape index (κ2) is 5.71. The van der Waals surface area contributed by atoms with Crippen molar-refractivity contribution in [2.24, 2.45) is 0 Å². The zero-order valence-electron chi connectivity index (χ0n) is 14.1. The molecule has 3 aromatic carbocycles. The van der Waals surface area contributed by atoms with Gasteiger partial charge in [-0.1, -0.05) is 54.6 Å². The van der Waals surface area contributed by atoms with E-state index < -0.39 is 0 Å². The molecule has 0 aromatic heterocycles. The molecule has 0 atom stereocenters. The lowest BCUT2D eigenvalue weighted by Gasteiger charge is -2.20. The van der Waals surface area contributed by atoms with Crippen molar-refractivity contribution >= 4 is 33.6 Å². The van der Waals surface area contributed by atoms with Crippen molar-refractivity contribution in [1.29, 1.82) is 0 Å². The standard InChI is InChI=1S/C22H17NO2/c1-23(2)20-12-11-15(14-7-3-4-8-16(14)20)19-13-21(24)17-9-5-6-10-18(17)22(19)25/h3-13H,1-2H3. The van der Waals surface area contributed by atoms with Gasteiger partial charge in [0, 0.05) is 41.9 Å². The number of hydrogen-bond acceptors (Lipinski definition) is 3. The number of hydrogen-bond donors (Lipinski definition) is 0. The molecule has 0 N–H and O–H groups in total. The Morgan fingerprint density at radius 3 is 2.04 bits per heavy atom. The van der Waals surface area contributed by atoms with Gasteiger partial charge in [-0.05, 0) is 23.1 Å². The molecule has 1 aliphatic rings. The number of nitrogens with zero attached hydrogens (tertiary/aromatic N) is 1. The second-order valence-electron chi connectivity index (χ2n) is 6.37. The smallest absolute Gasteiger partial charge is 0.194 e. The number of fused-ring (bicyclic) bond motifs is 2. The molecule has 0 fully saturated rings. The first-order valence-corrected chi connectivity index (χ1v) is 8.17. The highest BCUT2D eigenvalue weighted by Crippen LogP contribution is 2.35. The molecule has 0 unspecified atom stereocenters. The van der Waals surface area contributed by atoms with Crippen LogP contribution in [0.2, 0.25) is 0 Å². The largest absolute Gasteiger partial charge is 0.377 e. The first-order chi connectivity index (χ1) is 12.1. The third-order valence-corrected chi connectivity index (χ3v) is 4.63. The molecule has 3 aromatic rings. The summed E-state index contributed by atoms with van der Waals surface area (Å²) in [4.78, 5) is 27.5. The molecular formula is C22H17NO2. The first kappa shape index (κ1) is 15.3. The van der Waals surface area contributed by atoms with Gasteiger partial charge in [-0.2, -0.15) is 0 Å². The topological polar surface area (TPSA) is 37.4 Å².